The van der Waals surface area contributed by atoms with Gasteiger partial charge in [0.05, 0.1) is 13.2 Å². The molecule has 0 aromatic heterocycles. The van der Waals surface area contributed by atoms with Gasteiger partial charge in [-0.15, -0.1) is 0 Å². The van der Waals surface area contributed by atoms with Gasteiger partial charge in [0.1, 0.15) is 5.75 Å². The van der Waals surface area contributed by atoms with Gasteiger partial charge in [0.25, 0.3) is 0 Å². The Balaban J connectivity index is 2.20. The van der Waals surface area contributed by atoms with Crippen molar-refractivity contribution in [3.05, 3.63) is 28.8 Å². The third kappa shape index (κ3) is 3.22. The Bertz CT molecular complexity index is 438. The summed E-state index contributed by atoms with van der Waals surface area (Å²) in [5.74, 6) is 2.46. The molecule has 3 atom stereocenters. The highest BCUT2D eigenvalue weighted by Crippen LogP contribution is 2.41. The van der Waals surface area contributed by atoms with E-state index in [0.717, 1.165) is 34.7 Å². The van der Waals surface area contributed by atoms with Crippen LogP contribution in [0.15, 0.2) is 18.2 Å². The van der Waals surface area contributed by atoms with Crippen molar-refractivity contribution >= 4 is 11.6 Å². The SMILES string of the molecule is COc1cccc(Cl)c1C(CN)N(C)CC1CC1C. The summed E-state index contributed by atoms with van der Waals surface area (Å²) >= 11 is 6.34. The Kier molecular flexibility index (Phi) is 4.71. The lowest BCUT2D eigenvalue weighted by atomic mass is 10.0. The summed E-state index contributed by atoms with van der Waals surface area (Å²) in [6, 6.07) is 5.85. The van der Waals surface area contributed by atoms with Crippen LogP contribution >= 0.6 is 11.6 Å². The number of benzene rings is 1. The van der Waals surface area contributed by atoms with Crippen molar-refractivity contribution in [1.82, 2.24) is 4.90 Å². The molecule has 0 bridgehead atoms. The summed E-state index contributed by atoms with van der Waals surface area (Å²) in [6.45, 7) is 3.90. The first-order valence-electron chi connectivity index (χ1n) is 6.81. The van der Waals surface area contributed by atoms with Crippen LogP contribution in [0.1, 0.15) is 24.9 Å². The number of ether oxygens (including phenoxy) is 1. The molecule has 0 spiro atoms. The fraction of sp³-hybridized carbons (Fsp3) is 0.600. The van der Waals surface area contributed by atoms with E-state index in [1.807, 2.05) is 18.2 Å². The van der Waals surface area contributed by atoms with E-state index in [9.17, 15) is 0 Å². The molecule has 1 fully saturated rings. The fourth-order valence-corrected chi connectivity index (χ4v) is 2.98. The van der Waals surface area contributed by atoms with Gasteiger partial charge in [0.15, 0.2) is 0 Å². The smallest absolute Gasteiger partial charge is 0.125 e. The van der Waals surface area contributed by atoms with Crippen LogP contribution in [0.3, 0.4) is 0 Å². The van der Waals surface area contributed by atoms with E-state index in [2.05, 4.69) is 18.9 Å². The quantitative estimate of drug-likeness (QED) is 0.872. The molecule has 0 amide bonds. The highest BCUT2D eigenvalue weighted by atomic mass is 35.5. The number of nitrogens with zero attached hydrogens (tertiary/aromatic N) is 1. The molecule has 1 saturated carbocycles. The minimum atomic E-state index is 0.108. The average molecular weight is 283 g/mol. The minimum absolute atomic E-state index is 0.108. The molecule has 3 unspecified atom stereocenters. The van der Waals surface area contributed by atoms with Gasteiger partial charge in [-0.1, -0.05) is 24.6 Å². The first kappa shape index (κ1) is 14.6. The molecule has 1 aliphatic rings. The molecule has 0 aliphatic heterocycles. The van der Waals surface area contributed by atoms with Crippen LogP contribution in [0.2, 0.25) is 5.02 Å². The largest absolute Gasteiger partial charge is 0.496 e. The van der Waals surface area contributed by atoms with Gasteiger partial charge in [0, 0.05) is 23.7 Å². The van der Waals surface area contributed by atoms with Crippen LogP contribution in [-0.2, 0) is 0 Å². The van der Waals surface area contributed by atoms with Crippen LogP contribution in [0, 0.1) is 11.8 Å². The van der Waals surface area contributed by atoms with E-state index < -0.39 is 0 Å². The molecule has 1 aliphatic carbocycles. The van der Waals surface area contributed by atoms with Gasteiger partial charge in [-0.3, -0.25) is 4.90 Å². The van der Waals surface area contributed by atoms with Gasteiger partial charge in [-0.25, -0.2) is 0 Å². The van der Waals surface area contributed by atoms with E-state index in [-0.39, 0.29) is 6.04 Å². The van der Waals surface area contributed by atoms with Crippen molar-refractivity contribution in [3.8, 4) is 5.75 Å². The predicted molar refractivity (Wildman–Crippen MR) is 79.7 cm³/mol. The van der Waals surface area contributed by atoms with Gasteiger partial charge in [-0.2, -0.15) is 0 Å². The second-order valence-corrected chi connectivity index (χ2v) is 5.93. The Morgan fingerprint density at radius 3 is 2.74 bits per heavy atom. The number of methoxy groups -OCH3 is 1. The third-order valence-corrected chi connectivity index (χ3v) is 4.45. The van der Waals surface area contributed by atoms with E-state index >= 15 is 0 Å². The molecule has 4 heteroatoms. The Labute approximate surface area is 120 Å². The Morgan fingerprint density at radius 2 is 2.21 bits per heavy atom. The standard InChI is InChI=1S/C15H23ClN2O/c1-10-7-11(10)9-18(2)13(8-17)15-12(16)5-4-6-14(15)19-3/h4-6,10-11,13H,7-9,17H2,1-3H3. The summed E-state index contributed by atoms with van der Waals surface area (Å²) in [5.41, 5.74) is 6.98. The molecule has 106 valence electrons. The predicted octanol–water partition coefficient (Wildman–Crippen LogP) is 2.94. The van der Waals surface area contributed by atoms with E-state index in [0.29, 0.717) is 6.54 Å². The summed E-state index contributed by atoms with van der Waals surface area (Å²) in [7, 11) is 3.79. The second kappa shape index (κ2) is 6.12. The molecular weight excluding hydrogens is 260 g/mol. The summed E-state index contributed by atoms with van der Waals surface area (Å²) in [5, 5.41) is 0.727. The number of hydrogen-bond acceptors (Lipinski definition) is 3. The highest BCUT2D eigenvalue weighted by Gasteiger charge is 2.35. The molecular formula is C15H23ClN2O. The van der Waals surface area contributed by atoms with Crippen molar-refractivity contribution in [2.75, 3.05) is 27.2 Å². The molecule has 19 heavy (non-hydrogen) atoms. The van der Waals surface area contributed by atoms with Crippen LogP contribution in [-0.4, -0.2) is 32.1 Å². The average Bonchev–Trinajstić information content (AvgIpc) is 3.07. The van der Waals surface area contributed by atoms with Gasteiger partial charge >= 0.3 is 0 Å². The first-order valence-corrected chi connectivity index (χ1v) is 7.19. The van der Waals surface area contributed by atoms with Gasteiger partial charge in [-0.05, 0) is 37.4 Å². The third-order valence-electron chi connectivity index (χ3n) is 4.12. The van der Waals surface area contributed by atoms with Crippen molar-refractivity contribution in [1.29, 1.82) is 0 Å². The zero-order chi connectivity index (χ0) is 14.0. The van der Waals surface area contributed by atoms with E-state index in [1.165, 1.54) is 6.42 Å². The lowest BCUT2D eigenvalue weighted by molar-refractivity contribution is 0.232. The molecule has 2 rings (SSSR count). The second-order valence-electron chi connectivity index (χ2n) is 5.52. The van der Waals surface area contributed by atoms with Gasteiger partial charge < -0.3 is 10.5 Å². The minimum Gasteiger partial charge on any atom is -0.496 e. The topological polar surface area (TPSA) is 38.5 Å². The van der Waals surface area contributed by atoms with E-state index in [4.69, 9.17) is 22.1 Å². The van der Waals surface area contributed by atoms with Crippen molar-refractivity contribution in [3.63, 3.8) is 0 Å². The molecule has 0 radical (unpaired) electrons. The monoisotopic (exact) mass is 282 g/mol. The number of nitrogens with two attached hydrogens (primary N) is 1. The lowest BCUT2D eigenvalue weighted by Crippen LogP contribution is -2.32. The summed E-state index contributed by atoms with van der Waals surface area (Å²) < 4.78 is 5.43. The fourth-order valence-electron chi connectivity index (χ4n) is 2.69. The molecule has 0 saturated heterocycles. The normalized spacial score (nSPS) is 23.5. The van der Waals surface area contributed by atoms with Crippen LogP contribution in [0.25, 0.3) is 0 Å². The van der Waals surface area contributed by atoms with Crippen LogP contribution < -0.4 is 10.5 Å². The number of likely N-dealkylation sites (N-methyl/N-ethyl adjacent to an activating group) is 1. The molecule has 0 heterocycles. The van der Waals surface area contributed by atoms with Crippen molar-refractivity contribution < 1.29 is 4.74 Å². The van der Waals surface area contributed by atoms with Crippen molar-refractivity contribution in [2.45, 2.75) is 19.4 Å². The molecule has 2 N–H and O–H groups in total. The van der Waals surface area contributed by atoms with E-state index in [1.54, 1.807) is 7.11 Å². The zero-order valence-corrected chi connectivity index (χ0v) is 12.7. The maximum Gasteiger partial charge on any atom is 0.125 e. The zero-order valence-electron chi connectivity index (χ0n) is 11.9. The van der Waals surface area contributed by atoms with Crippen molar-refractivity contribution in [2.24, 2.45) is 17.6 Å². The summed E-state index contributed by atoms with van der Waals surface area (Å²) in [6.07, 6.45) is 1.32. The highest BCUT2D eigenvalue weighted by molar-refractivity contribution is 6.31. The lowest BCUT2D eigenvalue weighted by Gasteiger charge is -2.29. The summed E-state index contributed by atoms with van der Waals surface area (Å²) in [4.78, 5) is 2.30. The van der Waals surface area contributed by atoms with Crippen LogP contribution in [0.4, 0.5) is 0 Å². The number of hydrogen-bond donors (Lipinski definition) is 1. The molecule has 3 nitrogen and oxygen atoms in total. The maximum atomic E-state index is 6.34. The first-order chi connectivity index (χ1) is 9.08. The Morgan fingerprint density at radius 1 is 1.53 bits per heavy atom. The molecule has 1 aromatic rings. The Hall–Kier alpha value is -0.770. The maximum absolute atomic E-state index is 6.34. The number of rotatable bonds is 6. The van der Waals surface area contributed by atoms with Gasteiger partial charge in [0.2, 0.25) is 0 Å². The molecule has 1 aromatic carbocycles. The van der Waals surface area contributed by atoms with Crippen LogP contribution in [0.5, 0.6) is 5.75 Å². The number of halogens is 1.